The van der Waals surface area contributed by atoms with E-state index in [2.05, 4.69) is 0 Å². The first-order chi connectivity index (χ1) is 5.84. The number of Topliss-reactive ketones (excluding diaryl/α,β-unsaturated/α-hetero) is 1. The van der Waals surface area contributed by atoms with Crippen LogP contribution in [0.5, 0.6) is 0 Å². The molecule has 1 atom stereocenters. The predicted octanol–water partition coefficient (Wildman–Crippen LogP) is -1.05. The Morgan fingerprint density at radius 1 is 1.46 bits per heavy atom. The highest BCUT2D eigenvalue weighted by atomic mass is 19.3. The summed E-state index contributed by atoms with van der Waals surface area (Å²) < 4.78 is 24.3. The normalized spacial score (nSPS) is 15.5. The monoisotopic (exact) mass is 196 g/mol. The predicted molar refractivity (Wildman–Crippen MR) is 39.2 cm³/mol. The van der Waals surface area contributed by atoms with E-state index in [1.54, 1.807) is 0 Å². The van der Waals surface area contributed by atoms with E-state index in [1.807, 2.05) is 0 Å². The number of rotatable bonds is 5. The molecule has 1 unspecified atom stereocenters. The molecule has 5 nitrogen and oxygen atoms in total. The van der Waals surface area contributed by atoms with Crippen LogP contribution in [0.1, 0.15) is 6.42 Å². The SMILES string of the molecule is NCC(=O)CC(N)(C(=O)O)C(F)F. The minimum absolute atomic E-state index is 0.501. The number of carboxylic acids is 1. The molecule has 7 heteroatoms. The Labute approximate surface area is 72.7 Å². The van der Waals surface area contributed by atoms with E-state index in [0.717, 1.165) is 0 Å². The van der Waals surface area contributed by atoms with Gasteiger partial charge in [0.15, 0.2) is 5.54 Å². The van der Waals surface area contributed by atoms with Gasteiger partial charge in [-0.1, -0.05) is 0 Å². The first kappa shape index (κ1) is 11.9. The first-order valence-electron chi connectivity index (χ1n) is 3.36. The highest BCUT2D eigenvalue weighted by Crippen LogP contribution is 2.17. The van der Waals surface area contributed by atoms with E-state index >= 15 is 0 Å². The summed E-state index contributed by atoms with van der Waals surface area (Å²) in [5, 5.41) is 8.35. The van der Waals surface area contributed by atoms with Gasteiger partial charge in [0.2, 0.25) is 0 Å². The number of ketones is 1. The fraction of sp³-hybridized carbons (Fsp3) is 0.667. The lowest BCUT2D eigenvalue weighted by atomic mass is 9.95. The molecule has 0 fully saturated rings. The topological polar surface area (TPSA) is 106 Å². The molecule has 0 saturated heterocycles. The molecular formula is C6H10F2N2O3. The van der Waals surface area contributed by atoms with Crippen LogP contribution in [0.15, 0.2) is 0 Å². The molecular weight excluding hydrogens is 186 g/mol. The second-order valence-electron chi connectivity index (χ2n) is 2.57. The summed E-state index contributed by atoms with van der Waals surface area (Å²) in [6.45, 7) is -0.501. The second-order valence-corrected chi connectivity index (χ2v) is 2.57. The zero-order valence-electron chi connectivity index (χ0n) is 6.67. The van der Waals surface area contributed by atoms with Crippen molar-refractivity contribution in [2.24, 2.45) is 11.5 Å². The number of carboxylic acid groups (broad SMARTS) is 1. The fourth-order valence-corrected chi connectivity index (χ4v) is 0.645. The largest absolute Gasteiger partial charge is 0.480 e. The zero-order chi connectivity index (χ0) is 10.6. The third-order valence-electron chi connectivity index (χ3n) is 1.50. The summed E-state index contributed by atoms with van der Waals surface area (Å²) in [6.07, 6.45) is -4.27. The number of hydrogen-bond donors (Lipinski definition) is 3. The van der Waals surface area contributed by atoms with Gasteiger partial charge >= 0.3 is 5.97 Å². The van der Waals surface area contributed by atoms with Crippen LogP contribution in [-0.2, 0) is 9.59 Å². The Balaban J connectivity index is 4.61. The van der Waals surface area contributed by atoms with E-state index in [-0.39, 0.29) is 0 Å². The molecule has 0 rings (SSSR count). The third-order valence-corrected chi connectivity index (χ3v) is 1.50. The quantitative estimate of drug-likeness (QED) is 0.520. The Kier molecular flexibility index (Phi) is 3.89. The number of carbonyl (C=O) groups is 2. The van der Waals surface area contributed by atoms with Gasteiger partial charge in [0.05, 0.1) is 6.54 Å². The van der Waals surface area contributed by atoms with E-state index in [9.17, 15) is 18.4 Å². The number of alkyl halides is 2. The number of hydrogen-bond acceptors (Lipinski definition) is 4. The van der Waals surface area contributed by atoms with Crippen LogP contribution in [0.25, 0.3) is 0 Å². The molecule has 0 aromatic heterocycles. The molecule has 0 aliphatic heterocycles. The lowest BCUT2D eigenvalue weighted by Crippen LogP contribution is -2.56. The summed E-state index contributed by atoms with van der Waals surface area (Å²) in [5.74, 6) is -2.73. The van der Waals surface area contributed by atoms with Crippen molar-refractivity contribution in [2.45, 2.75) is 18.4 Å². The molecule has 0 aliphatic carbocycles. The molecule has 0 heterocycles. The van der Waals surface area contributed by atoms with Gasteiger partial charge in [0.1, 0.15) is 5.78 Å². The van der Waals surface area contributed by atoms with E-state index < -0.39 is 36.7 Å². The Morgan fingerprint density at radius 3 is 2.15 bits per heavy atom. The number of halogens is 2. The van der Waals surface area contributed by atoms with E-state index in [0.29, 0.717) is 0 Å². The smallest absolute Gasteiger partial charge is 0.330 e. The molecule has 0 aromatic carbocycles. The van der Waals surface area contributed by atoms with Crippen LogP contribution in [-0.4, -0.2) is 35.4 Å². The summed E-state index contributed by atoms with van der Waals surface area (Å²) in [4.78, 5) is 21.0. The Morgan fingerprint density at radius 2 is 1.92 bits per heavy atom. The summed E-state index contributed by atoms with van der Waals surface area (Å²) in [5.41, 5.74) is 6.85. The van der Waals surface area contributed by atoms with Crippen molar-refractivity contribution in [1.82, 2.24) is 0 Å². The average Bonchev–Trinajstić information content (AvgIpc) is 2.03. The lowest BCUT2D eigenvalue weighted by molar-refractivity contribution is -0.152. The lowest BCUT2D eigenvalue weighted by Gasteiger charge is -2.22. The van der Waals surface area contributed by atoms with Gasteiger partial charge < -0.3 is 16.6 Å². The fourth-order valence-electron chi connectivity index (χ4n) is 0.645. The van der Waals surface area contributed by atoms with Gasteiger partial charge in [-0.3, -0.25) is 4.79 Å². The highest BCUT2D eigenvalue weighted by molar-refractivity contribution is 5.90. The maximum Gasteiger partial charge on any atom is 0.330 e. The molecule has 0 amide bonds. The summed E-state index contributed by atoms with van der Waals surface area (Å²) in [7, 11) is 0. The zero-order valence-corrected chi connectivity index (χ0v) is 6.67. The number of carbonyl (C=O) groups excluding carboxylic acids is 1. The van der Waals surface area contributed by atoms with Crippen molar-refractivity contribution in [3.63, 3.8) is 0 Å². The van der Waals surface area contributed by atoms with Crippen molar-refractivity contribution < 1.29 is 23.5 Å². The van der Waals surface area contributed by atoms with Gasteiger partial charge in [-0.2, -0.15) is 0 Å². The van der Waals surface area contributed by atoms with Gasteiger partial charge in [-0.05, 0) is 0 Å². The molecule has 5 N–H and O–H groups in total. The van der Waals surface area contributed by atoms with E-state index in [4.69, 9.17) is 16.6 Å². The maximum absolute atomic E-state index is 12.1. The minimum atomic E-state index is -3.31. The molecule has 76 valence electrons. The van der Waals surface area contributed by atoms with Gasteiger partial charge in [0.25, 0.3) is 6.43 Å². The number of aliphatic carboxylic acids is 1. The van der Waals surface area contributed by atoms with Crippen molar-refractivity contribution in [3.8, 4) is 0 Å². The molecule has 0 radical (unpaired) electrons. The Hall–Kier alpha value is -1.08. The van der Waals surface area contributed by atoms with Crippen molar-refractivity contribution in [1.29, 1.82) is 0 Å². The van der Waals surface area contributed by atoms with Crippen LogP contribution >= 0.6 is 0 Å². The molecule has 0 bridgehead atoms. The van der Waals surface area contributed by atoms with Crippen LogP contribution in [0.3, 0.4) is 0 Å². The minimum Gasteiger partial charge on any atom is -0.480 e. The summed E-state index contributed by atoms with van der Waals surface area (Å²) >= 11 is 0. The molecule has 0 aromatic rings. The highest BCUT2D eigenvalue weighted by Gasteiger charge is 2.45. The maximum atomic E-state index is 12.1. The first-order valence-corrected chi connectivity index (χ1v) is 3.36. The van der Waals surface area contributed by atoms with Gasteiger partial charge in [0, 0.05) is 6.42 Å². The van der Waals surface area contributed by atoms with Crippen LogP contribution in [0.2, 0.25) is 0 Å². The van der Waals surface area contributed by atoms with Gasteiger partial charge in [-0.15, -0.1) is 0 Å². The van der Waals surface area contributed by atoms with Gasteiger partial charge in [-0.25, -0.2) is 13.6 Å². The van der Waals surface area contributed by atoms with Crippen molar-refractivity contribution in [2.75, 3.05) is 6.54 Å². The van der Waals surface area contributed by atoms with Crippen LogP contribution < -0.4 is 11.5 Å². The van der Waals surface area contributed by atoms with Crippen LogP contribution in [0.4, 0.5) is 8.78 Å². The van der Waals surface area contributed by atoms with Crippen molar-refractivity contribution >= 4 is 11.8 Å². The molecule has 0 saturated carbocycles. The second kappa shape index (κ2) is 4.24. The standard InChI is InChI=1S/C6H10F2N2O3/c7-4(8)6(10,5(12)13)1-3(11)2-9/h4H,1-2,9-10H2,(H,12,13). The van der Waals surface area contributed by atoms with Crippen LogP contribution in [0, 0.1) is 0 Å². The molecule has 0 aliphatic rings. The number of nitrogens with two attached hydrogens (primary N) is 2. The molecule has 13 heavy (non-hydrogen) atoms. The van der Waals surface area contributed by atoms with Crippen molar-refractivity contribution in [3.05, 3.63) is 0 Å². The average molecular weight is 196 g/mol. The summed E-state index contributed by atoms with van der Waals surface area (Å²) in [6, 6.07) is 0. The molecule has 0 spiro atoms. The third kappa shape index (κ3) is 2.71. The van der Waals surface area contributed by atoms with E-state index in [1.165, 1.54) is 0 Å². The Bertz CT molecular complexity index is 222.